The predicted octanol–water partition coefficient (Wildman–Crippen LogP) is 3.20. The lowest BCUT2D eigenvalue weighted by molar-refractivity contribution is 0.245. The molecule has 0 unspecified atom stereocenters. The summed E-state index contributed by atoms with van der Waals surface area (Å²) in [5.41, 5.74) is 9.54. The molecule has 0 aromatic heterocycles. The normalized spacial score (nSPS) is 18.2. The molecule has 1 aromatic carbocycles. The minimum absolute atomic E-state index is 0.0431. The number of nitrogens with two attached hydrogens (primary N) is 1. The summed E-state index contributed by atoms with van der Waals surface area (Å²) in [6, 6.07) is 4.09. The van der Waals surface area contributed by atoms with Crippen LogP contribution in [-0.2, 0) is 5.41 Å². The fourth-order valence-electron chi connectivity index (χ4n) is 2.94. The summed E-state index contributed by atoms with van der Waals surface area (Å²) in [5.74, 6) is 0.918. The lowest BCUT2D eigenvalue weighted by Crippen LogP contribution is -2.41. The highest BCUT2D eigenvalue weighted by atomic mass is 16.3. The fourth-order valence-corrected chi connectivity index (χ4v) is 2.94. The Bertz CT molecular complexity index is 414. The van der Waals surface area contributed by atoms with Crippen molar-refractivity contribution < 1.29 is 5.11 Å². The van der Waals surface area contributed by atoms with Crippen molar-refractivity contribution in [2.24, 2.45) is 5.73 Å². The fraction of sp³-hybridized carbons (Fsp3) is 0.600. The molecule has 1 aliphatic carbocycles. The number of phenols is 1. The van der Waals surface area contributed by atoms with E-state index in [0.29, 0.717) is 18.2 Å². The summed E-state index contributed by atoms with van der Waals surface area (Å²) < 4.78 is 0. The second-order valence-corrected chi connectivity index (χ2v) is 5.72. The highest BCUT2D eigenvalue weighted by Crippen LogP contribution is 2.47. The van der Waals surface area contributed by atoms with Crippen molar-refractivity contribution in [1.82, 2.24) is 0 Å². The van der Waals surface area contributed by atoms with Crippen LogP contribution in [0.4, 0.5) is 0 Å². The smallest absolute Gasteiger partial charge is 0.119 e. The molecule has 0 radical (unpaired) electrons. The van der Waals surface area contributed by atoms with E-state index >= 15 is 0 Å². The average molecular weight is 233 g/mol. The summed E-state index contributed by atoms with van der Waals surface area (Å²) in [6.45, 7) is 7.09. The molecule has 0 aliphatic heterocycles. The predicted molar refractivity (Wildman–Crippen MR) is 71.5 cm³/mol. The van der Waals surface area contributed by atoms with Gasteiger partial charge >= 0.3 is 0 Å². The van der Waals surface area contributed by atoms with Gasteiger partial charge in [0.1, 0.15) is 5.75 Å². The maximum Gasteiger partial charge on any atom is 0.119 e. The Morgan fingerprint density at radius 3 is 2.41 bits per heavy atom. The zero-order chi connectivity index (χ0) is 12.6. The molecule has 3 N–H and O–H groups in total. The molecule has 0 spiro atoms. The first kappa shape index (κ1) is 12.4. The van der Waals surface area contributed by atoms with Gasteiger partial charge in [0.25, 0.3) is 0 Å². The SMILES string of the molecule is Cc1cc(O)c(C2(CN)CCC2)cc1C(C)C. The van der Waals surface area contributed by atoms with Gasteiger partial charge in [0.2, 0.25) is 0 Å². The molecule has 1 fully saturated rings. The van der Waals surface area contributed by atoms with Gasteiger partial charge < -0.3 is 10.8 Å². The van der Waals surface area contributed by atoms with Gasteiger partial charge in [-0.15, -0.1) is 0 Å². The van der Waals surface area contributed by atoms with E-state index in [0.717, 1.165) is 18.4 Å². The summed E-state index contributed by atoms with van der Waals surface area (Å²) in [7, 11) is 0. The van der Waals surface area contributed by atoms with Gasteiger partial charge in [-0.2, -0.15) is 0 Å². The topological polar surface area (TPSA) is 46.2 Å². The minimum atomic E-state index is 0.0431. The summed E-state index contributed by atoms with van der Waals surface area (Å²) in [6.07, 6.45) is 3.44. The standard InChI is InChI=1S/C15H23NO/c1-10(2)12-8-13(14(17)7-11(12)3)15(9-16)5-4-6-15/h7-8,10,17H,4-6,9,16H2,1-3H3. The van der Waals surface area contributed by atoms with E-state index in [1.165, 1.54) is 17.5 Å². The third-order valence-electron chi connectivity index (χ3n) is 4.28. The molecule has 2 nitrogen and oxygen atoms in total. The largest absolute Gasteiger partial charge is 0.508 e. The highest BCUT2D eigenvalue weighted by molar-refractivity contribution is 5.47. The Labute approximate surface area is 104 Å². The van der Waals surface area contributed by atoms with Crippen molar-refractivity contribution in [2.45, 2.75) is 51.4 Å². The molecule has 0 saturated heterocycles. The van der Waals surface area contributed by atoms with Crippen molar-refractivity contribution in [3.05, 3.63) is 28.8 Å². The van der Waals surface area contributed by atoms with Crippen LogP contribution in [0.2, 0.25) is 0 Å². The third-order valence-corrected chi connectivity index (χ3v) is 4.28. The first-order valence-corrected chi connectivity index (χ1v) is 6.54. The van der Waals surface area contributed by atoms with Crippen LogP contribution in [0.5, 0.6) is 5.75 Å². The van der Waals surface area contributed by atoms with E-state index in [1.807, 2.05) is 6.07 Å². The van der Waals surface area contributed by atoms with Gasteiger partial charge in [0.15, 0.2) is 0 Å². The van der Waals surface area contributed by atoms with Gasteiger partial charge in [-0.25, -0.2) is 0 Å². The molecule has 1 aliphatic rings. The van der Waals surface area contributed by atoms with Crippen LogP contribution >= 0.6 is 0 Å². The molecule has 1 aromatic rings. The minimum Gasteiger partial charge on any atom is -0.508 e. The van der Waals surface area contributed by atoms with Crippen LogP contribution in [0, 0.1) is 6.92 Å². The first-order valence-electron chi connectivity index (χ1n) is 6.54. The molecule has 1 saturated carbocycles. The second kappa shape index (κ2) is 4.34. The van der Waals surface area contributed by atoms with Gasteiger partial charge in [-0.3, -0.25) is 0 Å². The van der Waals surface area contributed by atoms with E-state index in [-0.39, 0.29) is 5.41 Å². The molecule has 0 heterocycles. The Hall–Kier alpha value is -1.02. The number of hydrogen-bond acceptors (Lipinski definition) is 2. The van der Waals surface area contributed by atoms with E-state index in [2.05, 4.69) is 26.8 Å². The number of benzene rings is 1. The summed E-state index contributed by atoms with van der Waals surface area (Å²) in [4.78, 5) is 0. The monoisotopic (exact) mass is 233 g/mol. The number of aryl methyl sites for hydroxylation is 1. The second-order valence-electron chi connectivity index (χ2n) is 5.72. The summed E-state index contributed by atoms with van der Waals surface area (Å²) >= 11 is 0. The first-order chi connectivity index (χ1) is 8.00. The van der Waals surface area contributed by atoms with E-state index in [1.54, 1.807) is 0 Å². The van der Waals surface area contributed by atoms with Crippen molar-refractivity contribution in [3.63, 3.8) is 0 Å². The Balaban J connectivity index is 2.50. The van der Waals surface area contributed by atoms with Gasteiger partial charge in [-0.05, 0) is 42.9 Å². The number of aromatic hydroxyl groups is 1. The van der Waals surface area contributed by atoms with Crippen LogP contribution in [0.1, 0.15) is 55.7 Å². The van der Waals surface area contributed by atoms with Crippen molar-refractivity contribution in [3.8, 4) is 5.75 Å². The van der Waals surface area contributed by atoms with Crippen LogP contribution in [0.25, 0.3) is 0 Å². The molecule has 17 heavy (non-hydrogen) atoms. The van der Waals surface area contributed by atoms with Crippen molar-refractivity contribution >= 4 is 0 Å². The van der Waals surface area contributed by atoms with E-state index < -0.39 is 0 Å². The molecular formula is C15H23NO. The quantitative estimate of drug-likeness (QED) is 0.842. The molecule has 0 bridgehead atoms. The van der Waals surface area contributed by atoms with Crippen molar-refractivity contribution in [1.29, 1.82) is 0 Å². The van der Waals surface area contributed by atoms with Gasteiger partial charge in [0, 0.05) is 17.5 Å². The maximum atomic E-state index is 10.2. The van der Waals surface area contributed by atoms with Crippen LogP contribution in [0.3, 0.4) is 0 Å². The Kier molecular flexibility index (Phi) is 3.17. The Morgan fingerprint density at radius 1 is 1.35 bits per heavy atom. The number of rotatable bonds is 3. The van der Waals surface area contributed by atoms with Crippen LogP contribution < -0.4 is 5.73 Å². The Morgan fingerprint density at radius 2 is 2.00 bits per heavy atom. The number of hydrogen-bond donors (Lipinski definition) is 2. The number of phenolic OH excluding ortho intramolecular Hbond substituents is 1. The van der Waals surface area contributed by atoms with Gasteiger partial charge in [0.05, 0.1) is 0 Å². The zero-order valence-electron chi connectivity index (χ0n) is 11.1. The van der Waals surface area contributed by atoms with Crippen LogP contribution in [0.15, 0.2) is 12.1 Å². The van der Waals surface area contributed by atoms with Gasteiger partial charge in [-0.1, -0.05) is 26.3 Å². The molecule has 0 amide bonds. The lowest BCUT2D eigenvalue weighted by atomic mass is 9.63. The van der Waals surface area contributed by atoms with E-state index in [9.17, 15) is 5.11 Å². The molecule has 94 valence electrons. The lowest BCUT2D eigenvalue weighted by Gasteiger charge is -2.42. The molecule has 2 rings (SSSR count). The van der Waals surface area contributed by atoms with Crippen molar-refractivity contribution in [2.75, 3.05) is 6.54 Å². The molecule has 0 atom stereocenters. The molecular weight excluding hydrogens is 210 g/mol. The van der Waals surface area contributed by atoms with Crippen LogP contribution in [-0.4, -0.2) is 11.7 Å². The average Bonchev–Trinajstić information content (AvgIpc) is 2.19. The molecule has 2 heteroatoms. The van der Waals surface area contributed by atoms with E-state index in [4.69, 9.17) is 5.73 Å². The zero-order valence-corrected chi connectivity index (χ0v) is 11.1. The summed E-state index contributed by atoms with van der Waals surface area (Å²) in [5, 5.41) is 10.2. The highest BCUT2D eigenvalue weighted by Gasteiger charge is 2.39. The third kappa shape index (κ3) is 1.95. The maximum absolute atomic E-state index is 10.2.